The highest BCUT2D eigenvalue weighted by Crippen LogP contribution is 2.60. The molecule has 34 heavy (non-hydrogen) atoms. The van der Waals surface area contributed by atoms with Crippen LogP contribution in [0.15, 0.2) is 65.9 Å². The van der Waals surface area contributed by atoms with E-state index in [1.165, 1.54) is 27.8 Å². The van der Waals surface area contributed by atoms with Gasteiger partial charge >= 0.3 is 0 Å². The average Bonchev–Trinajstić information content (AvgIpc) is 3.53. The number of hydrogen-bond acceptors (Lipinski definition) is 4. The zero-order chi connectivity index (χ0) is 24.0. The Morgan fingerprint density at radius 3 is 2.88 bits per heavy atom. The molecule has 2 aromatic rings. The van der Waals surface area contributed by atoms with E-state index >= 15 is 0 Å². The summed E-state index contributed by atoms with van der Waals surface area (Å²) < 4.78 is 1.97. The number of benzene rings is 1. The van der Waals surface area contributed by atoms with Gasteiger partial charge in [-0.2, -0.15) is 0 Å². The average molecular weight is 452 g/mol. The van der Waals surface area contributed by atoms with Crippen LogP contribution in [0.4, 0.5) is 0 Å². The Morgan fingerprint density at radius 2 is 2.15 bits per heavy atom. The Morgan fingerprint density at radius 1 is 1.35 bits per heavy atom. The molecule has 3 N–H and O–H groups in total. The molecule has 5 nitrogen and oxygen atoms in total. The van der Waals surface area contributed by atoms with Gasteiger partial charge in [-0.3, -0.25) is 0 Å². The van der Waals surface area contributed by atoms with Crippen LogP contribution in [0, 0.1) is 5.92 Å². The Hall–Kier alpha value is -3.18. The van der Waals surface area contributed by atoms with Gasteiger partial charge in [-0.1, -0.05) is 44.4 Å². The smallest absolute Gasteiger partial charge is 0.174 e. The molecule has 174 valence electrons. The molecule has 2 heterocycles. The number of rotatable bonds is 4. The standard InChI is InChI=1S/C29H33N5/c1-7-25-32-27-28(5,15-16(2)34(27)33-25)17(3)19-11-12-22-20(13-19)14-23-21-9-8-10-24(30)26(21)18(4)29(22,23)31-6/h7,9,11-13,15,17,23,31H,1,4,8,10,14,30H2,2-3,5-6H3. The minimum Gasteiger partial charge on any atom is -0.402 e. The summed E-state index contributed by atoms with van der Waals surface area (Å²) in [6.45, 7) is 15.1. The molecule has 4 unspecified atom stereocenters. The summed E-state index contributed by atoms with van der Waals surface area (Å²) in [5.74, 6) is 2.26. The third kappa shape index (κ3) is 2.43. The molecule has 0 radical (unpaired) electrons. The summed E-state index contributed by atoms with van der Waals surface area (Å²) in [5, 5.41) is 8.30. The molecule has 6 rings (SSSR count). The Balaban J connectivity index is 1.43. The number of fused-ring (bicyclic) bond motifs is 6. The van der Waals surface area contributed by atoms with Gasteiger partial charge in [0.05, 0.1) is 11.0 Å². The van der Waals surface area contributed by atoms with Crippen molar-refractivity contribution in [3.8, 4) is 0 Å². The van der Waals surface area contributed by atoms with Gasteiger partial charge in [0.15, 0.2) is 5.82 Å². The molecule has 1 saturated carbocycles. The second-order valence-corrected chi connectivity index (χ2v) is 10.5. The topological polar surface area (TPSA) is 68.8 Å². The van der Waals surface area contributed by atoms with Crippen LogP contribution < -0.4 is 11.1 Å². The van der Waals surface area contributed by atoms with Crippen LogP contribution in [-0.4, -0.2) is 21.8 Å². The van der Waals surface area contributed by atoms with Gasteiger partial charge in [-0.05, 0) is 86.1 Å². The monoisotopic (exact) mass is 451 g/mol. The van der Waals surface area contributed by atoms with E-state index < -0.39 is 0 Å². The molecular weight excluding hydrogens is 418 g/mol. The predicted molar refractivity (Wildman–Crippen MR) is 138 cm³/mol. The van der Waals surface area contributed by atoms with Gasteiger partial charge in [0.2, 0.25) is 0 Å². The van der Waals surface area contributed by atoms with Gasteiger partial charge in [0.25, 0.3) is 0 Å². The molecule has 3 aliphatic carbocycles. The van der Waals surface area contributed by atoms with E-state index in [9.17, 15) is 0 Å². The fourth-order valence-corrected chi connectivity index (χ4v) is 7.08. The maximum atomic E-state index is 6.48. The van der Waals surface area contributed by atoms with Crippen molar-refractivity contribution in [1.82, 2.24) is 20.1 Å². The first-order valence-electron chi connectivity index (χ1n) is 12.3. The number of nitrogens with zero attached hydrogens (tertiary/aromatic N) is 3. The maximum Gasteiger partial charge on any atom is 0.174 e. The van der Waals surface area contributed by atoms with E-state index in [1.807, 2.05) is 4.68 Å². The second-order valence-electron chi connectivity index (χ2n) is 10.5. The lowest BCUT2D eigenvalue weighted by Crippen LogP contribution is -2.42. The summed E-state index contributed by atoms with van der Waals surface area (Å²) in [4.78, 5) is 4.80. The van der Waals surface area contributed by atoms with Crippen molar-refractivity contribution in [1.29, 1.82) is 0 Å². The molecular formula is C29H33N5. The van der Waals surface area contributed by atoms with Gasteiger partial charge in [-0.15, -0.1) is 5.10 Å². The lowest BCUT2D eigenvalue weighted by Gasteiger charge is -2.32. The van der Waals surface area contributed by atoms with E-state index in [4.69, 9.17) is 10.7 Å². The molecule has 1 fully saturated rings. The van der Waals surface area contributed by atoms with Gasteiger partial charge in [0, 0.05) is 22.9 Å². The largest absolute Gasteiger partial charge is 0.402 e. The van der Waals surface area contributed by atoms with Crippen LogP contribution in [0.2, 0.25) is 0 Å². The number of nitrogens with two attached hydrogens (primary N) is 1. The molecule has 0 bridgehead atoms. The van der Waals surface area contributed by atoms with Crippen molar-refractivity contribution >= 4 is 11.8 Å². The number of likely N-dealkylation sites (N-methyl/N-ethyl adjacent to an activating group) is 1. The van der Waals surface area contributed by atoms with Crippen LogP contribution in [0.25, 0.3) is 11.8 Å². The van der Waals surface area contributed by atoms with Crippen molar-refractivity contribution in [2.45, 2.75) is 56.9 Å². The van der Waals surface area contributed by atoms with Crippen LogP contribution in [0.1, 0.15) is 67.9 Å². The minimum atomic E-state index is -0.264. The van der Waals surface area contributed by atoms with E-state index in [0.29, 0.717) is 11.7 Å². The SMILES string of the molecule is C=Cc1nc2n(n1)C(C)=CC2(C)C(C)c1ccc2c(c1)CC1C3=CCCC(N)=C3C(=C)C21NC. The highest BCUT2D eigenvalue weighted by atomic mass is 15.4. The first-order valence-corrected chi connectivity index (χ1v) is 12.3. The van der Waals surface area contributed by atoms with Gasteiger partial charge in [0.1, 0.15) is 5.82 Å². The fourth-order valence-electron chi connectivity index (χ4n) is 7.08. The van der Waals surface area contributed by atoms with E-state index in [2.05, 4.69) is 81.7 Å². The molecule has 1 aliphatic heterocycles. The molecule has 1 aromatic carbocycles. The van der Waals surface area contributed by atoms with Gasteiger partial charge in [-0.25, -0.2) is 9.67 Å². The van der Waals surface area contributed by atoms with Crippen LogP contribution in [0.3, 0.4) is 0 Å². The molecule has 1 aromatic heterocycles. The number of hydrogen-bond donors (Lipinski definition) is 2. The van der Waals surface area contributed by atoms with Crippen LogP contribution in [0.5, 0.6) is 0 Å². The third-order valence-electron chi connectivity index (χ3n) is 8.97. The number of allylic oxidation sites excluding steroid dienone is 4. The molecule has 0 amide bonds. The van der Waals surface area contributed by atoms with Crippen molar-refractivity contribution in [3.63, 3.8) is 0 Å². The van der Waals surface area contributed by atoms with Crippen molar-refractivity contribution in [2.24, 2.45) is 11.7 Å². The lowest BCUT2D eigenvalue weighted by atomic mass is 9.73. The molecule has 4 atom stereocenters. The maximum absolute atomic E-state index is 6.48. The first-order chi connectivity index (χ1) is 16.3. The molecule has 5 heteroatoms. The zero-order valence-corrected chi connectivity index (χ0v) is 20.6. The minimum absolute atomic E-state index is 0.235. The Bertz CT molecular complexity index is 1370. The quantitative estimate of drug-likeness (QED) is 0.690. The number of nitrogens with one attached hydrogen (secondary N) is 1. The predicted octanol–water partition coefficient (Wildman–Crippen LogP) is 4.95. The Kier molecular flexibility index (Phi) is 4.35. The van der Waals surface area contributed by atoms with Crippen LogP contribution in [-0.2, 0) is 17.4 Å². The normalized spacial score (nSPS) is 29.9. The summed E-state index contributed by atoms with van der Waals surface area (Å²) in [7, 11) is 2.07. The second kappa shape index (κ2) is 6.92. The number of aromatic nitrogens is 3. The highest BCUT2D eigenvalue weighted by Gasteiger charge is 2.56. The van der Waals surface area contributed by atoms with Crippen LogP contribution >= 0.6 is 0 Å². The highest BCUT2D eigenvalue weighted by molar-refractivity contribution is 5.69. The van der Waals surface area contributed by atoms with Crippen molar-refractivity contribution < 1.29 is 0 Å². The van der Waals surface area contributed by atoms with Crippen molar-refractivity contribution in [3.05, 3.63) is 94.3 Å². The molecule has 0 saturated heterocycles. The molecule has 4 aliphatic rings. The van der Waals surface area contributed by atoms with Gasteiger partial charge < -0.3 is 11.1 Å². The fraction of sp³-hybridized carbons (Fsp3) is 0.379. The van der Waals surface area contributed by atoms with E-state index in [-0.39, 0.29) is 16.9 Å². The molecule has 0 spiro atoms. The summed E-state index contributed by atoms with van der Waals surface area (Å²) >= 11 is 0. The lowest BCUT2D eigenvalue weighted by molar-refractivity contribution is 0.370. The first kappa shape index (κ1) is 21.4. The summed E-state index contributed by atoms with van der Waals surface area (Å²) in [6, 6.07) is 7.04. The zero-order valence-electron chi connectivity index (χ0n) is 20.6. The summed E-state index contributed by atoms with van der Waals surface area (Å²) in [5.41, 5.74) is 15.9. The van der Waals surface area contributed by atoms with E-state index in [0.717, 1.165) is 42.1 Å². The van der Waals surface area contributed by atoms with Crippen molar-refractivity contribution in [2.75, 3.05) is 7.05 Å². The van der Waals surface area contributed by atoms with E-state index in [1.54, 1.807) is 6.08 Å². The summed E-state index contributed by atoms with van der Waals surface area (Å²) in [6.07, 6.45) is 9.37. The third-order valence-corrected chi connectivity index (χ3v) is 8.97. The Labute approximate surface area is 201 Å².